The standard InChI is InChI=1S/C17H19ClN2O3/c1-12-6-7-15(16(10-12)22-2)23-9-8-19-17(21)20-14-5-3-4-13(18)11-14/h3-7,10-11H,8-9H2,1-2H3,(H2,19,20,21). The van der Waals surface area contributed by atoms with Crippen LogP contribution in [0.4, 0.5) is 10.5 Å². The van der Waals surface area contributed by atoms with Gasteiger partial charge >= 0.3 is 6.03 Å². The predicted octanol–water partition coefficient (Wildman–Crippen LogP) is 3.86. The third kappa shape index (κ3) is 5.38. The Morgan fingerprint density at radius 1 is 1.17 bits per heavy atom. The summed E-state index contributed by atoms with van der Waals surface area (Å²) in [7, 11) is 1.60. The van der Waals surface area contributed by atoms with E-state index in [0.717, 1.165) is 5.56 Å². The van der Waals surface area contributed by atoms with E-state index in [1.165, 1.54) is 0 Å². The number of rotatable bonds is 6. The number of carbonyl (C=O) groups excluding carboxylic acids is 1. The van der Waals surface area contributed by atoms with Gasteiger partial charge in [0.15, 0.2) is 11.5 Å². The van der Waals surface area contributed by atoms with E-state index in [1.54, 1.807) is 31.4 Å². The number of aryl methyl sites for hydroxylation is 1. The first kappa shape index (κ1) is 17.0. The van der Waals surface area contributed by atoms with Gasteiger partial charge in [0.2, 0.25) is 0 Å². The van der Waals surface area contributed by atoms with Gasteiger partial charge in [0.1, 0.15) is 6.61 Å². The SMILES string of the molecule is COc1cc(C)ccc1OCCNC(=O)Nc1cccc(Cl)c1. The number of ether oxygens (including phenoxy) is 2. The highest BCUT2D eigenvalue weighted by atomic mass is 35.5. The summed E-state index contributed by atoms with van der Waals surface area (Å²) in [5.41, 5.74) is 1.73. The Morgan fingerprint density at radius 3 is 2.74 bits per heavy atom. The van der Waals surface area contributed by atoms with Gasteiger partial charge in [-0.2, -0.15) is 0 Å². The molecule has 2 amide bonds. The Balaban J connectivity index is 1.76. The van der Waals surface area contributed by atoms with Crippen LogP contribution < -0.4 is 20.1 Å². The first-order valence-electron chi connectivity index (χ1n) is 7.16. The molecule has 2 aromatic rings. The van der Waals surface area contributed by atoms with Crippen LogP contribution in [0.15, 0.2) is 42.5 Å². The van der Waals surface area contributed by atoms with E-state index < -0.39 is 0 Å². The van der Waals surface area contributed by atoms with Crippen LogP contribution in [0.3, 0.4) is 0 Å². The molecule has 2 rings (SSSR count). The van der Waals surface area contributed by atoms with E-state index in [2.05, 4.69) is 10.6 Å². The van der Waals surface area contributed by atoms with Crippen molar-refractivity contribution in [1.82, 2.24) is 5.32 Å². The zero-order valence-electron chi connectivity index (χ0n) is 13.1. The molecule has 0 atom stereocenters. The fourth-order valence-corrected chi connectivity index (χ4v) is 2.15. The number of anilines is 1. The van der Waals surface area contributed by atoms with Crippen molar-refractivity contribution in [3.05, 3.63) is 53.1 Å². The normalized spacial score (nSPS) is 10.0. The molecule has 0 heterocycles. The second-order valence-electron chi connectivity index (χ2n) is 4.89. The number of halogens is 1. The van der Waals surface area contributed by atoms with Crippen LogP contribution in [0.1, 0.15) is 5.56 Å². The molecule has 0 bridgehead atoms. The molecule has 6 heteroatoms. The van der Waals surface area contributed by atoms with Crippen molar-refractivity contribution in [2.75, 3.05) is 25.6 Å². The Bertz CT molecular complexity index is 677. The number of methoxy groups -OCH3 is 1. The molecule has 0 fully saturated rings. The number of carbonyl (C=O) groups is 1. The van der Waals surface area contributed by atoms with E-state index in [0.29, 0.717) is 35.4 Å². The van der Waals surface area contributed by atoms with Crippen molar-refractivity contribution < 1.29 is 14.3 Å². The van der Waals surface area contributed by atoms with E-state index in [9.17, 15) is 4.79 Å². The van der Waals surface area contributed by atoms with Gasteiger partial charge in [-0.25, -0.2) is 4.79 Å². The van der Waals surface area contributed by atoms with Gasteiger partial charge in [-0.15, -0.1) is 0 Å². The number of benzene rings is 2. The third-order valence-electron chi connectivity index (χ3n) is 3.05. The number of nitrogens with one attached hydrogen (secondary N) is 2. The highest BCUT2D eigenvalue weighted by molar-refractivity contribution is 6.30. The molecule has 0 spiro atoms. The van der Waals surface area contributed by atoms with Crippen LogP contribution in [0.2, 0.25) is 5.02 Å². The van der Waals surface area contributed by atoms with Crippen molar-refractivity contribution in [1.29, 1.82) is 0 Å². The monoisotopic (exact) mass is 334 g/mol. The van der Waals surface area contributed by atoms with Crippen LogP contribution in [-0.2, 0) is 0 Å². The molecule has 2 N–H and O–H groups in total. The van der Waals surface area contributed by atoms with Gasteiger partial charge in [-0.05, 0) is 42.8 Å². The second kappa shape index (κ2) is 8.29. The minimum absolute atomic E-state index is 0.313. The molecular weight excluding hydrogens is 316 g/mol. The first-order chi connectivity index (χ1) is 11.1. The molecule has 0 unspecified atom stereocenters. The third-order valence-corrected chi connectivity index (χ3v) is 3.28. The van der Waals surface area contributed by atoms with Gasteiger partial charge in [-0.3, -0.25) is 0 Å². The van der Waals surface area contributed by atoms with Crippen molar-refractivity contribution in [3.8, 4) is 11.5 Å². The summed E-state index contributed by atoms with van der Waals surface area (Å²) in [5, 5.41) is 5.97. The lowest BCUT2D eigenvalue weighted by atomic mass is 10.2. The van der Waals surface area contributed by atoms with Crippen molar-refractivity contribution in [2.24, 2.45) is 0 Å². The molecule has 0 radical (unpaired) electrons. The minimum atomic E-state index is -0.313. The maximum absolute atomic E-state index is 11.8. The molecule has 0 aliphatic heterocycles. The Kier molecular flexibility index (Phi) is 6.11. The molecule has 5 nitrogen and oxygen atoms in total. The maximum atomic E-state index is 11.8. The summed E-state index contributed by atoms with van der Waals surface area (Å²) in [6.45, 7) is 2.68. The molecule has 0 aliphatic carbocycles. The molecule has 0 aliphatic rings. The largest absolute Gasteiger partial charge is 0.493 e. The molecule has 0 saturated heterocycles. The molecule has 2 aromatic carbocycles. The lowest BCUT2D eigenvalue weighted by Gasteiger charge is -2.12. The number of amides is 2. The minimum Gasteiger partial charge on any atom is -0.493 e. The summed E-state index contributed by atoms with van der Waals surface area (Å²) in [4.78, 5) is 11.8. The van der Waals surface area contributed by atoms with Gasteiger partial charge in [0.05, 0.1) is 13.7 Å². The average Bonchev–Trinajstić information content (AvgIpc) is 2.52. The summed E-state index contributed by atoms with van der Waals surface area (Å²) >= 11 is 5.86. The van der Waals surface area contributed by atoms with Gasteiger partial charge in [-0.1, -0.05) is 23.7 Å². The summed E-state index contributed by atoms with van der Waals surface area (Å²) in [6, 6.07) is 12.3. The van der Waals surface area contributed by atoms with E-state index in [4.69, 9.17) is 21.1 Å². The van der Waals surface area contributed by atoms with Crippen LogP contribution in [0.5, 0.6) is 11.5 Å². The Labute approximate surface area is 140 Å². The Hall–Kier alpha value is -2.40. The van der Waals surface area contributed by atoms with Crippen LogP contribution >= 0.6 is 11.6 Å². The highest BCUT2D eigenvalue weighted by Gasteiger charge is 2.05. The second-order valence-corrected chi connectivity index (χ2v) is 5.33. The maximum Gasteiger partial charge on any atom is 0.319 e. The van der Waals surface area contributed by atoms with Gasteiger partial charge in [0.25, 0.3) is 0 Å². The van der Waals surface area contributed by atoms with Crippen LogP contribution in [-0.4, -0.2) is 26.3 Å². The van der Waals surface area contributed by atoms with Gasteiger partial charge < -0.3 is 20.1 Å². The lowest BCUT2D eigenvalue weighted by Crippen LogP contribution is -2.32. The van der Waals surface area contributed by atoms with E-state index >= 15 is 0 Å². The molecule has 0 saturated carbocycles. The van der Waals surface area contributed by atoms with E-state index in [1.807, 2.05) is 25.1 Å². The average molecular weight is 335 g/mol. The Morgan fingerprint density at radius 2 is 2.00 bits per heavy atom. The summed E-state index contributed by atoms with van der Waals surface area (Å²) in [6.07, 6.45) is 0. The summed E-state index contributed by atoms with van der Waals surface area (Å²) in [5.74, 6) is 1.32. The first-order valence-corrected chi connectivity index (χ1v) is 7.54. The topological polar surface area (TPSA) is 59.6 Å². The van der Waals surface area contributed by atoms with Crippen LogP contribution in [0.25, 0.3) is 0 Å². The smallest absolute Gasteiger partial charge is 0.319 e. The van der Waals surface area contributed by atoms with Crippen LogP contribution in [0, 0.1) is 6.92 Å². The quantitative estimate of drug-likeness (QED) is 0.789. The van der Waals surface area contributed by atoms with Crippen molar-refractivity contribution in [3.63, 3.8) is 0 Å². The van der Waals surface area contributed by atoms with Crippen molar-refractivity contribution >= 4 is 23.3 Å². The lowest BCUT2D eigenvalue weighted by molar-refractivity contribution is 0.246. The molecular formula is C17H19ClN2O3. The zero-order valence-corrected chi connectivity index (χ0v) is 13.8. The fourth-order valence-electron chi connectivity index (χ4n) is 1.96. The zero-order chi connectivity index (χ0) is 16.7. The molecule has 0 aromatic heterocycles. The fraction of sp³-hybridized carbons (Fsp3) is 0.235. The summed E-state index contributed by atoms with van der Waals surface area (Å²) < 4.78 is 10.9. The van der Waals surface area contributed by atoms with Gasteiger partial charge in [0, 0.05) is 10.7 Å². The molecule has 122 valence electrons. The molecule has 23 heavy (non-hydrogen) atoms. The predicted molar refractivity (Wildman–Crippen MR) is 91.7 cm³/mol. The van der Waals surface area contributed by atoms with Crippen molar-refractivity contribution in [2.45, 2.75) is 6.92 Å². The number of urea groups is 1. The number of hydrogen-bond acceptors (Lipinski definition) is 3. The highest BCUT2D eigenvalue weighted by Crippen LogP contribution is 2.27. The van der Waals surface area contributed by atoms with E-state index in [-0.39, 0.29) is 6.03 Å². The number of hydrogen-bond donors (Lipinski definition) is 2.